The van der Waals surface area contributed by atoms with E-state index < -0.39 is 15.8 Å². The number of amides is 1. The SMILES string of the molecule is CC(C)(C)c1ccc(OCC(=O)NCc2ccc(NS(C)(=O)=O)c(F)c2)cn1. The van der Waals surface area contributed by atoms with Gasteiger partial charge in [-0.2, -0.15) is 0 Å². The van der Waals surface area contributed by atoms with Crippen molar-refractivity contribution in [3.05, 3.63) is 53.6 Å². The number of sulfonamides is 1. The van der Waals surface area contributed by atoms with Crippen LogP contribution in [-0.2, 0) is 26.8 Å². The maximum Gasteiger partial charge on any atom is 0.258 e. The molecule has 1 heterocycles. The van der Waals surface area contributed by atoms with Gasteiger partial charge >= 0.3 is 0 Å². The van der Waals surface area contributed by atoms with E-state index in [1.807, 2.05) is 6.07 Å². The number of ether oxygens (including phenoxy) is 1. The summed E-state index contributed by atoms with van der Waals surface area (Å²) in [4.78, 5) is 16.2. The number of halogens is 1. The van der Waals surface area contributed by atoms with Crippen LogP contribution in [0.1, 0.15) is 32.0 Å². The van der Waals surface area contributed by atoms with Gasteiger partial charge in [-0.05, 0) is 29.8 Å². The number of benzene rings is 1. The van der Waals surface area contributed by atoms with Gasteiger partial charge in [-0.3, -0.25) is 14.5 Å². The lowest BCUT2D eigenvalue weighted by Gasteiger charge is -2.17. The Morgan fingerprint density at radius 2 is 1.93 bits per heavy atom. The van der Waals surface area contributed by atoms with Gasteiger partial charge in [0.2, 0.25) is 10.0 Å². The van der Waals surface area contributed by atoms with Crippen molar-refractivity contribution in [2.24, 2.45) is 0 Å². The predicted molar refractivity (Wildman–Crippen MR) is 105 cm³/mol. The monoisotopic (exact) mass is 409 g/mol. The zero-order valence-corrected chi connectivity index (χ0v) is 17.1. The molecule has 9 heteroatoms. The molecule has 1 aromatic heterocycles. The molecule has 1 amide bonds. The summed E-state index contributed by atoms with van der Waals surface area (Å²) in [5.74, 6) is -0.623. The van der Waals surface area contributed by atoms with Crippen LogP contribution >= 0.6 is 0 Å². The van der Waals surface area contributed by atoms with E-state index in [1.54, 1.807) is 12.3 Å². The molecule has 0 unspecified atom stereocenters. The topological polar surface area (TPSA) is 97.4 Å². The Kier molecular flexibility index (Phi) is 6.60. The van der Waals surface area contributed by atoms with Gasteiger partial charge in [-0.1, -0.05) is 26.8 Å². The van der Waals surface area contributed by atoms with Crippen LogP contribution in [-0.4, -0.2) is 32.2 Å². The molecule has 0 aliphatic carbocycles. The first kappa shape index (κ1) is 21.6. The second-order valence-corrected chi connectivity index (χ2v) is 9.13. The molecule has 152 valence electrons. The van der Waals surface area contributed by atoms with E-state index in [4.69, 9.17) is 4.74 Å². The van der Waals surface area contributed by atoms with Crippen molar-refractivity contribution >= 4 is 21.6 Å². The van der Waals surface area contributed by atoms with Gasteiger partial charge in [0.25, 0.3) is 5.91 Å². The molecule has 0 fully saturated rings. The van der Waals surface area contributed by atoms with Crippen LogP contribution in [0.4, 0.5) is 10.1 Å². The minimum absolute atomic E-state index is 0.0719. The number of nitrogens with one attached hydrogen (secondary N) is 2. The Labute approximate surface area is 164 Å². The largest absolute Gasteiger partial charge is 0.482 e. The standard InChI is InChI=1S/C19H24FN3O4S/c1-19(2,3)17-8-6-14(11-21-17)27-12-18(24)22-10-13-5-7-16(15(20)9-13)23-28(4,25)26/h5-9,11,23H,10,12H2,1-4H3,(H,22,24). The number of carbonyl (C=O) groups excluding carboxylic acids is 1. The lowest BCUT2D eigenvalue weighted by Crippen LogP contribution is -2.28. The Morgan fingerprint density at radius 3 is 2.46 bits per heavy atom. The lowest BCUT2D eigenvalue weighted by atomic mass is 9.92. The minimum Gasteiger partial charge on any atom is -0.482 e. The lowest BCUT2D eigenvalue weighted by molar-refractivity contribution is -0.123. The van der Waals surface area contributed by atoms with Crippen LogP contribution in [0.25, 0.3) is 0 Å². The molecule has 2 rings (SSSR count). The van der Waals surface area contributed by atoms with Crippen LogP contribution in [0.15, 0.2) is 36.5 Å². The first-order valence-corrected chi connectivity index (χ1v) is 10.5. The number of rotatable bonds is 7. The zero-order chi connectivity index (χ0) is 20.9. The van der Waals surface area contributed by atoms with Crippen LogP contribution in [0, 0.1) is 5.82 Å². The fraction of sp³-hybridized carbons (Fsp3) is 0.368. The van der Waals surface area contributed by atoms with Crippen LogP contribution < -0.4 is 14.8 Å². The third-order valence-corrected chi connectivity index (χ3v) is 4.28. The number of pyridine rings is 1. The van der Waals surface area contributed by atoms with Crippen LogP contribution in [0.5, 0.6) is 5.75 Å². The summed E-state index contributed by atoms with van der Waals surface area (Å²) in [5, 5.41) is 2.61. The van der Waals surface area contributed by atoms with Gasteiger partial charge in [0.15, 0.2) is 6.61 Å². The molecule has 0 aliphatic rings. The molecule has 0 atom stereocenters. The van der Waals surface area contributed by atoms with Crippen molar-refractivity contribution in [3.8, 4) is 5.75 Å². The molecule has 0 radical (unpaired) electrons. The van der Waals surface area contributed by atoms with E-state index >= 15 is 0 Å². The van der Waals surface area contributed by atoms with Crippen LogP contribution in [0.2, 0.25) is 0 Å². The van der Waals surface area contributed by atoms with Crippen molar-refractivity contribution in [1.82, 2.24) is 10.3 Å². The van der Waals surface area contributed by atoms with Crippen LogP contribution in [0.3, 0.4) is 0 Å². The summed E-state index contributed by atoms with van der Waals surface area (Å²) in [7, 11) is -3.56. The number of hydrogen-bond donors (Lipinski definition) is 2. The summed E-state index contributed by atoms with van der Waals surface area (Å²) in [6.07, 6.45) is 2.50. The first-order chi connectivity index (χ1) is 12.9. The van der Waals surface area contributed by atoms with Crippen molar-refractivity contribution in [2.45, 2.75) is 32.7 Å². The van der Waals surface area contributed by atoms with Crippen molar-refractivity contribution in [3.63, 3.8) is 0 Å². The summed E-state index contributed by atoms with van der Waals surface area (Å²) in [6, 6.07) is 7.58. The summed E-state index contributed by atoms with van der Waals surface area (Å²) in [6.45, 7) is 6.04. The highest BCUT2D eigenvalue weighted by atomic mass is 32.2. The maximum absolute atomic E-state index is 13.9. The average molecular weight is 409 g/mol. The highest BCUT2D eigenvalue weighted by molar-refractivity contribution is 7.92. The van der Waals surface area contributed by atoms with E-state index in [0.29, 0.717) is 11.3 Å². The Morgan fingerprint density at radius 1 is 1.21 bits per heavy atom. The first-order valence-electron chi connectivity index (χ1n) is 8.56. The average Bonchev–Trinajstić information content (AvgIpc) is 2.59. The molecule has 2 aromatic rings. The third-order valence-electron chi connectivity index (χ3n) is 3.69. The van der Waals surface area contributed by atoms with Crippen molar-refractivity contribution < 1.29 is 22.3 Å². The van der Waals surface area contributed by atoms with E-state index in [9.17, 15) is 17.6 Å². The number of carbonyl (C=O) groups is 1. The number of aromatic nitrogens is 1. The second-order valence-electron chi connectivity index (χ2n) is 7.38. The van der Waals surface area contributed by atoms with Gasteiger partial charge < -0.3 is 10.1 Å². The van der Waals surface area contributed by atoms with Crippen molar-refractivity contribution in [2.75, 3.05) is 17.6 Å². The smallest absolute Gasteiger partial charge is 0.258 e. The predicted octanol–water partition coefficient (Wildman–Crippen LogP) is 2.58. The van der Waals surface area contributed by atoms with Gasteiger partial charge in [0, 0.05) is 17.7 Å². The molecule has 0 spiro atoms. The van der Waals surface area contributed by atoms with E-state index in [2.05, 4.69) is 35.8 Å². The fourth-order valence-electron chi connectivity index (χ4n) is 2.26. The van der Waals surface area contributed by atoms with Gasteiger partial charge in [0.1, 0.15) is 11.6 Å². The Balaban J connectivity index is 1.85. The van der Waals surface area contributed by atoms with E-state index in [-0.39, 0.29) is 30.2 Å². The molecule has 2 N–H and O–H groups in total. The van der Waals surface area contributed by atoms with E-state index in [1.165, 1.54) is 12.1 Å². The van der Waals surface area contributed by atoms with Crippen molar-refractivity contribution in [1.29, 1.82) is 0 Å². The molecular formula is C19H24FN3O4S. The fourth-order valence-corrected chi connectivity index (χ4v) is 2.83. The normalized spacial score (nSPS) is 11.8. The maximum atomic E-state index is 13.9. The number of anilines is 1. The van der Waals surface area contributed by atoms with Gasteiger partial charge in [-0.25, -0.2) is 12.8 Å². The highest BCUT2D eigenvalue weighted by Crippen LogP contribution is 2.21. The molecule has 0 saturated carbocycles. The Hall–Kier alpha value is -2.68. The molecule has 0 saturated heterocycles. The molecule has 1 aromatic carbocycles. The zero-order valence-electron chi connectivity index (χ0n) is 16.2. The molecule has 28 heavy (non-hydrogen) atoms. The third kappa shape index (κ3) is 6.80. The summed E-state index contributed by atoms with van der Waals surface area (Å²) in [5.41, 5.74) is 1.19. The molecule has 0 aliphatic heterocycles. The Bertz CT molecular complexity index is 939. The number of hydrogen-bond acceptors (Lipinski definition) is 5. The molecular weight excluding hydrogens is 385 g/mol. The summed E-state index contributed by atoms with van der Waals surface area (Å²) < 4.78 is 43.7. The van der Waals surface area contributed by atoms with Gasteiger partial charge in [0.05, 0.1) is 18.1 Å². The van der Waals surface area contributed by atoms with Gasteiger partial charge in [-0.15, -0.1) is 0 Å². The highest BCUT2D eigenvalue weighted by Gasteiger charge is 2.15. The van der Waals surface area contributed by atoms with E-state index in [0.717, 1.165) is 18.0 Å². The second kappa shape index (κ2) is 8.55. The number of nitrogens with zero attached hydrogens (tertiary/aromatic N) is 1. The molecule has 7 nitrogen and oxygen atoms in total. The quantitative estimate of drug-likeness (QED) is 0.733. The molecule has 0 bridgehead atoms. The summed E-state index contributed by atoms with van der Waals surface area (Å²) >= 11 is 0. The minimum atomic E-state index is -3.56.